The van der Waals surface area contributed by atoms with Crippen LogP contribution in [0.2, 0.25) is 0 Å². The molecule has 1 saturated heterocycles. The summed E-state index contributed by atoms with van der Waals surface area (Å²) in [7, 11) is 0. The van der Waals surface area contributed by atoms with Crippen LogP contribution in [0.15, 0.2) is 50.9 Å². The van der Waals surface area contributed by atoms with Crippen molar-refractivity contribution in [2.75, 3.05) is 22.1 Å². The molecule has 242 valence electrons. The largest absolute Gasteiger partial charge is 0.508 e. The number of hydrogen-bond donors (Lipinski definition) is 7. The second-order valence-corrected chi connectivity index (χ2v) is 13.9. The highest BCUT2D eigenvalue weighted by atomic mass is 32.2. The molecule has 2 aliphatic rings. The normalized spacial score (nSPS) is 18.0. The Labute approximate surface area is 273 Å². The second-order valence-electron chi connectivity index (χ2n) is 10.4. The zero-order valence-corrected chi connectivity index (χ0v) is 27.0. The summed E-state index contributed by atoms with van der Waals surface area (Å²) in [6, 6.07) is 2.14. The minimum absolute atomic E-state index is 0.000350. The van der Waals surface area contributed by atoms with Crippen LogP contribution in [-0.4, -0.2) is 88.1 Å². The lowest BCUT2D eigenvalue weighted by molar-refractivity contribution is -0.150. The van der Waals surface area contributed by atoms with Gasteiger partial charge in [-0.15, -0.1) is 22.0 Å². The molecule has 3 atom stereocenters. The van der Waals surface area contributed by atoms with Crippen molar-refractivity contribution in [3.05, 3.63) is 62.7 Å². The Hall–Kier alpha value is -4.62. The van der Waals surface area contributed by atoms with E-state index in [1.54, 1.807) is 0 Å². The average Bonchev–Trinajstić information content (AvgIpc) is 3.43. The standard InChI is InChI=1S/C27H29N9O7S3/c1-11(2)29-25-28-8-16(20(38)33-25)30-26(43)32-17(13-4-6-15(37)7-5-13)21(39)31-18-22(40)36-19(24(41)42)14(9-44-23(18)36)10-45-27-35-34-12(3)46-27/h4-8,11,17-18,23,37H,9-10H2,1-3H3,(H,31,39)(H,41,42)(H2,30,32,43)(H2,28,29,33,38)/t17-,18?,23-/m1/s1. The molecule has 5 rings (SSSR count). The molecule has 1 aromatic carbocycles. The van der Waals surface area contributed by atoms with Crippen molar-refractivity contribution in [1.29, 1.82) is 0 Å². The number of thioether (sulfide) groups is 2. The van der Waals surface area contributed by atoms with Gasteiger partial charge in [-0.3, -0.25) is 24.3 Å². The van der Waals surface area contributed by atoms with E-state index in [0.29, 0.717) is 21.4 Å². The van der Waals surface area contributed by atoms with E-state index in [0.717, 1.165) is 16.1 Å². The van der Waals surface area contributed by atoms with Gasteiger partial charge in [0.15, 0.2) is 4.34 Å². The van der Waals surface area contributed by atoms with Crippen LogP contribution in [-0.2, 0) is 14.4 Å². The number of aromatic hydroxyl groups is 1. The molecule has 1 unspecified atom stereocenters. The number of aromatic nitrogens is 4. The molecule has 19 heteroatoms. The van der Waals surface area contributed by atoms with Gasteiger partial charge in [0.25, 0.3) is 11.5 Å². The van der Waals surface area contributed by atoms with Crippen molar-refractivity contribution in [3.63, 3.8) is 0 Å². The minimum atomic E-state index is -1.36. The molecular formula is C27H29N9O7S3. The van der Waals surface area contributed by atoms with E-state index in [4.69, 9.17) is 0 Å². The highest BCUT2D eigenvalue weighted by Crippen LogP contribution is 2.42. The van der Waals surface area contributed by atoms with Crippen LogP contribution in [0.4, 0.5) is 16.4 Å². The number of anilines is 2. The Morgan fingerprint density at radius 1 is 1.17 bits per heavy atom. The number of nitrogens with one attached hydrogen (secondary N) is 5. The van der Waals surface area contributed by atoms with Gasteiger partial charge in [0.2, 0.25) is 11.9 Å². The van der Waals surface area contributed by atoms with E-state index in [9.17, 15) is 34.2 Å². The van der Waals surface area contributed by atoms with Crippen LogP contribution >= 0.6 is 34.9 Å². The van der Waals surface area contributed by atoms with Gasteiger partial charge in [-0.25, -0.2) is 14.6 Å². The maximum atomic E-state index is 13.6. The summed E-state index contributed by atoms with van der Waals surface area (Å²) in [4.78, 5) is 72.2. The van der Waals surface area contributed by atoms with E-state index in [-0.39, 0.29) is 34.7 Å². The number of carbonyl (C=O) groups excluding carboxylic acids is 3. The summed E-state index contributed by atoms with van der Waals surface area (Å²) < 4.78 is 0.680. The molecule has 0 spiro atoms. The molecule has 2 aromatic heterocycles. The number of carboxylic acids is 1. The molecule has 0 bridgehead atoms. The maximum absolute atomic E-state index is 13.6. The van der Waals surface area contributed by atoms with Gasteiger partial charge in [0, 0.05) is 17.5 Å². The summed E-state index contributed by atoms with van der Waals surface area (Å²) in [5.41, 5.74) is -0.127. The number of phenols is 1. The number of hydrogen-bond acceptors (Lipinski definition) is 13. The number of carboxylic acid groups (broad SMARTS) is 1. The van der Waals surface area contributed by atoms with Crippen molar-refractivity contribution in [3.8, 4) is 5.75 Å². The van der Waals surface area contributed by atoms with Gasteiger partial charge in [-0.2, -0.15) is 0 Å². The van der Waals surface area contributed by atoms with Crippen LogP contribution in [0.1, 0.15) is 30.5 Å². The van der Waals surface area contributed by atoms with Gasteiger partial charge < -0.3 is 31.5 Å². The van der Waals surface area contributed by atoms with Crippen molar-refractivity contribution in [1.82, 2.24) is 35.7 Å². The molecule has 3 aromatic rings. The molecule has 7 N–H and O–H groups in total. The topological polar surface area (TPSA) is 232 Å². The number of aromatic amines is 1. The van der Waals surface area contributed by atoms with Crippen LogP contribution < -0.4 is 26.8 Å². The van der Waals surface area contributed by atoms with Crippen molar-refractivity contribution < 1.29 is 29.4 Å². The highest BCUT2D eigenvalue weighted by molar-refractivity contribution is 8.01. The zero-order valence-electron chi connectivity index (χ0n) is 24.6. The number of β-lactam (4-membered cyclic amide) rings is 1. The fourth-order valence-electron chi connectivity index (χ4n) is 4.60. The predicted molar refractivity (Wildman–Crippen MR) is 172 cm³/mol. The first-order valence-electron chi connectivity index (χ1n) is 13.8. The fraction of sp³-hybridized carbons (Fsp3) is 0.333. The number of amides is 4. The monoisotopic (exact) mass is 687 g/mol. The fourth-order valence-corrected chi connectivity index (χ4v) is 7.90. The van der Waals surface area contributed by atoms with E-state index < -0.39 is 46.8 Å². The van der Waals surface area contributed by atoms with E-state index in [1.807, 2.05) is 20.8 Å². The van der Waals surface area contributed by atoms with Gasteiger partial charge in [0.1, 0.15) is 39.6 Å². The third-order valence-corrected chi connectivity index (χ3v) is 10.1. The van der Waals surface area contributed by atoms with Gasteiger partial charge in [-0.05, 0) is 44.0 Å². The first-order valence-corrected chi connectivity index (χ1v) is 16.6. The summed E-state index contributed by atoms with van der Waals surface area (Å²) in [5.74, 6) is -1.89. The minimum Gasteiger partial charge on any atom is -0.508 e. The molecule has 2 aliphatic heterocycles. The number of fused-ring (bicyclic) bond motifs is 1. The molecule has 4 amide bonds. The second kappa shape index (κ2) is 13.8. The Bertz CT molecular complexity index is 1760. The number of phenolic OH excluding ortho intramolecular Hbond substituents is 1. The summed E-state index contributed by atoms with van der Waals surface area (Å²) in [5, 5.41) is 38.3. The number of carbonyl (C=O) groups is 4. The summed E-state index contributed by atoms with van der Waals surface area (Å²) >= 11 is 4.02. The highest BCUT2D eigenvalue weighted by Gasteiger charge is 2.54. The molecule has 46 heavy (non-hydrogen) atoms. The number of H-pyrrole nitrogens is 1. The summed E-state index contributed by atoms with van der Waals surface area (Å²) in [6.07, 6.45) is 1.16. The van der Waals surface area contributed by atoms with Crippen LogP contribution in [0.5, 0.6) is 5.75 Å². The molecular weight excluding hydrogens is 659 g/mol. The quantitative estimate of drug-likeness (QED) is 0.113. The molecule has 1 fully saturated rings. The number of urea groups is 1. The Balaban J connectivity index is 1.29. The van der Waals surface area contributed by atoms with E-state index in [1.165, 1.54) is 59.1 Å². The lowest BCUT2D eigenvalue weighted by Gasteiger charge is -2.49. The Morgan fingerprint density at radius 3 is 2.54 bits per heavy atom. The predicted octanol–water partition coefficient (Wildman–Crippen LogP) is 1.85. The van der Waals surface area contributed by atoms with Crippen LogP contribution in [0, 0.1) is 6.92 Å². The number of aryl methyl sites for hydroxylation is 1. The lowest BCUT2D eigenvalue weighted by Crippen LogP contribution is -2.71. The van der Waals surface area contributed by atoms with E-state index in [2.05, 4.69) is 41.4 Å². The van der Waals surface area contributed by atoms with Crippen molar-refractivity contribution >= 4 is 70.3 Å². The van der Waals surface area contributed by atoms with Gasteiger partial charge in [0.05, 0.1) is 6.20 Å². The number of benzene rings is 1. The number of aliphatic carboxylic acids is 1. The first-order chi connectivity index (χ1) is 21.9. The van der Waals surface area contributed by atoms with Gasteiger partial charge in [-0.1, -0.05) is 35.2 Å². The van der Waals surface area contributed by atoms with E-state index >= 15 is 0 Å². The Kier molecular flexibility index (Phi) is 9.82. The number of nitrogens with zero attached hydrogens (tertiary/aromatic N) is 4. The zero-order chi connectivity index (χ0) is 33.1. The lowest BCUT2D eigenvalue weighted by atomic mass is 10.0. The van der Waals surface area contributed by atoms with Crippen LogP contribution in [0.25, 0.3) is 0 Å². The van der Waals surface area contributed by atoms with Crippen molar-refractivity contribution in [2.45, 2.75) is 48.6 Å². The smallest absolute Gasteiger partial charge is 0.352 e. The Morgan fingerprint density at radius 2 is 1.91 bits per heavy atom. The summed E-state index contributed by atoms with van der Waals surface area (Å²) in [6.45, 7) is 5.53. The van der Waals surface area contributed by atoms with Crippen molar-refractivity contribution in [2.24, 2.45) is 0 Å². The number of rotatable bonds is 11. The third-order valence-electron chi connectivity index (χ3n) is 6.66. The first kappa shape index (κ1) is 32.8. The molecule has 16 nitrogen and oxygen atoms in total. The van der Waals surface area contributed by atoms with Crippen LogP contribution in [0.3, 0.4) is 0 Å². The third kappa shape index (κ3) is 7.26. The molecule has 0 aliphatic carbocycles. The SMILES string of the molecule is Cc1nnc(SCC2=C(C(=O)O)N3C(=O)C(NC(=O)[C@H](NC(=O)Nc4cnc(NC(C)C)[nH]c4=O)c4ccc(O)cc4)[C@H]3SC2)s1. The maximum Gasteiger partial charge on any atom is 0.352 e. The van der Waals surface area contributed by atoms with Gasteiger partial charge >= 0.3 is 12.0 Å². The average molecular weight is 688 g/mol. The molecule has 4 heterocycles. The molecule has 0 saturated carbocycles. The molecule has 0 radical (unpaired) electrons.